The molecule has 0 fully saturated rings. The first-order chi connectivity index (χ1) is 9.59. The lowest BCUT2D eigenvalue weighted by Crippen LogP contribution is -2.23. The SMILES string of the molecule is CS(=O)(=O)CCS(=O)(=O)Nc1ccccc1OCC(=N)N. The Labute approximate surface area is 123 Å². The van der Waals surface area contributed by atoms with Gasteiger partial charge in [-0.05, 0) is 12.1 Å². The Hall–Kier alpha value is -1.81. The van der Waals surface area contributed by atoms with Crippen LogP contribution in [0, 0.1) is 5.41 Å². The van der Waals surface area contributed by atoms with Gasteiger partial charge in [-0.3, -0.25) is 10.1 Å². The summed E-state index contributed by atoms with van der Waals surface area (Å²) in [6.07, 6.45) is 0.965. The monoisotopic (exact) mass is 335 g/mol. The third-order valence-electron chi connectivity index (χ3n) is 2.26. The van der Waals surface area contributed by atoms with Crippen molar-refractivity contribution < 1.29 is 21.6 Å². The number of anilines is 1. The van der Waals surface area contributed by atoms with Crippen LogP contribution < -0.4 is 15.2 Å². The van der Waals surface area contributed by atoms with Crippen molar-refractivity contribution in [2.75, 3.05) is 29.1 Å². The number of benzene rings is 1. The first-order valence-corrected chi connectivity index (χ1v) is 9.53. The zero-order valence-electron chi connectivity index (χ0n) is 11.4. The molecule has 0 heterocycles. The van der Waals surface area contributed by atoms with Gasteiger partial charge in [-0.2, -0.15) is 0 Å². The Kier molecular flexibility index (Phi) is 5.55. The minimum Gasteiger partial charge on any atom is -0.484 e. The number of amidine groups is 1. The van der Waals surface area contributed by atoms with E-state index in [1.54, 1.807) is 12.1 Å². The molecule has 0 saturated carbocycles. The van der Waals surface area contributed by atoms with Crippen LogP contribution in [0.1, 0.15) is 0 Å². The van der Waals surface area contributed by atoms with Crippen LogP contribution in [-0.4, -0.2) is 47.0 Å². The lowest BCUT2D eigenvalue weighted by molar-refractivity contribution is 0.376. The number of nitrogens with one attached hydrogen (secondary N) is 2. The van der Waals surface area contributed by atoms with Crippen LogP contribution in [0.3, 0.4) is 0 Å². The molecule has 0 radical (unpaired) electrons. The fourth-order valence-electron chi connectivity index (χ4n) is 1.31. The molecule has 0 spiro atoms. The van der Waals surface area contributed by atoms with Crippen molar-refractivity contribution in [2.24, 2.45) is 5.73 Å². The first kappa shape index (κ1) is 17.2. The number of nitrogens with two attached hydrogens (primary N) is 1. The summed E-state index contributed by atoms with van der Waals surface area (Å²) in [5.41, 5.74) is 5.33. The summed E-state index contributed by atoms with van der Waals surface area (Å²) in [5.74, 6) is -1.02. The summed E-state index contributed by atoms with van der Waals surface area (Å²) in [5, 5.41) is 7.08. The van der Waals surface area contributed by atoms with E-state index in [9.17, 15) is 16.8 Å². The highest BCUT2D eigenvalue weighted by molar-refractivity contribution is 7.95. The molecule has 10 heteroatoms. The second-order valence-electron chi connectivity index (χ2n) is 4.36. The minimum atomic E-state index is -3.82. The number of hydrogen-bond donors (Lipinski definition) is 3. The normalized spacial score (nSPS) is 11.9. The van der Waals surface area contributed by atoms with Crippen molar-refractivity contribution in [2.45, 2.75) is 0 Å². The van der Waals surface area contributed by atoms with Crippen LogP contribution in [0.25, 0.3) is 0 Å². The summed E-state index contributed by atoms with van der Waals surface area (Å²) in [4.78, 5) is 0. The van der Waals surface area contributed by atoms with Gasteiger partial charge >= 0.3 is 0 Å². The highest BCUT2D eigenvalue weighted by Crippen LogP contribution is 2.24. The van der Waals surface area contributed by atoms with Gasteiger partial charge < -0.3 is 10.5 Å². The van der Waals surface area contributed by atoms with E-state index in [0.29, 0.717) is 0 Å². The maximum atomic E-state index is 11.8. The van der Waals surface area contributed by atoms with Gasteiger partial charge in [0, 0.05) is 6.26 Å². The Morgan fingerprint density at radius 3 is 2.43 bits per heavy atom. The second kappa shape index (κ2) is 6.76. The number of para-hydroxylation sites is 2. The molecule has 1 aromatic carbocycles. The molecule has 0 atom stereocenters. The van der Waals surface area contributed by atoms with Crippen LogP contribution >= 0.6 is 0 Å². The molecule has 0 saturated heterocycles. The zero-order valence-corrected chi connectivity index (χ0v) is 13.0. The van der Waals surface area contributed by atoms with Gasteiger partial charge in [0.1, 0.15) is 28.0 Å². The fourth-order valence-corrected chi connectivity index (χ4v) is 4.01. The average molecular weight is 335 g/mol. The third-order valence-corrected chi connectivity index (χ3v) is 4.74. The highest BCUT2D eigenvalue weighted by atomic mass is 32.2. The van der Waals surface area contributed by atoms with Crippen molar-refractivity contribution in [1.82, 2.24) is 0 Å². The maximum Gasteiger partial charge on any atom is 0.233 e. The Balaban J connectivity index is 2.84. The molecule has 21 heavy (non-hydrogen) atoms. The van der Waals surface area contributed by atoms with Gasteiger partial charge in [0.2, 0.25) is 10.0 Å². The Morgan fingerprint density at radius 2 is 1.86 bits per heavy atom. The van der Waals surface area contributed by atoms with E-state index in [1.807, 2.05) is 0 Å². The van der Waals surface area contributed by atoms with E-state index in [4.69, 9.17) is 15.9 Å². The van der Waals surface area contributed by atoms with Crippen molar-refractivity contribution >= 4 is 31.4 Å². The molecule has 0 aliphatic heterocycles. The molecule has 118 valence electrons. The Morgan fingerprint density at radius 1 is 1.24 bits per heavy atom. The standard InChI is InChI=1S/C11H17N3O5S2/c1-20(15,16)6-7-21(17,18)14-9-4-2-3-5-10(9)19-8-11(12)13/h2-5,14H,6-8H2,1H3,(H3,12,13). The number of sulfone groups is 1. The zero-order chi connectivity index (χ0) is 16.1. The number of hydrogen-bond acceptors (Lipinski definition) is 6. The van der Waals surface area contributed by atoms with Crippen LogP contribution in [-0.2, 0) is 19.9 Å². The van der Waals surface area contributed by atoms with Crippen molar-refractivity contribution in [1.29, 1.82) is 5.41 Å². The van der Waals surface area contributed by atoms with E-state index in [2.05, 4.69) is 4.72 Å². The largest absolute Gasteiger partial charge is 0.484 e. The molecule has 1 rings (SSSR count). The highest BCUT2D eigenvalue weighted by Gasteiger charge is 2.16. The van der Waals surface area contributed by atoms with E-state index in [0.717, 1.165) is 6.26 Å². The van der Waals surface area contributed by atoms with Gasteiger partial charge in [-0.25, -0.2) is 16.8 Å². The molecule has 0 aromatic heterocycles. The summed E-state index contributed by atoms with van der Waals surface area (Å²) in [6.45, 7) is -0.178. The minimum absolute atomic E-state index is 0.159. The van der Waals surface area contributed by atoms with E-state index >= 15 is 0 Å². The van der Waals surface area contributed by atoms with Crippen molar-refractivity contribution in [3.05, 3.63) is 24.3 Å². The number of ether oxygens (including phenoxy) is 1. The molecular formula is C11H17N3O5S2. The van der Waals surface area contributed by atoms with Crippen molar-refractivity contribution in [3.8, 4) is 5.75 Å². The quantitative estimate of drug-likeness (QED) is 0.443. The summed E-state index contributed by atoms with van der Waals surface area (Å²) >= 11 is 0. The molecule has 1 aromatic rings. The first-order valence-electron chi connectivity index (χ1n) is 5.82. The molecule has 0 bridgehead atoms. The average Bonchev–Trinajstić information content (AvgIpc) is 2.34. The van der Waals surface area contributed by atoms with Gasteiger partial charge in [-0.1, -0.05) is 12.1 Å². The molecule has 0 aliphatic rings. The second-order valence-corrected chi connectivity index (χ2v) is 8.46. The summed E-state index contributed by atoms with van der Waals surface area (Å²) in [6, 6.07) is 6.20. The molecular weight excluding hydrogens is 318 g/mol. The lowest BCUT2D eigenvalue weighted by atomic mass is 10.3. The third kappa shape index (κ3) is 6.95. The van der Waals surface area contributed by atoms with Crippen LogP contribution in [0.4, 0.5) is 5.69 Å². The van der Waals surface area contributed by atoms with Crippen LogP contribution in [0.2, 0.25) is 0 Å². The number of rotatable bonds is 8. The molecule has 0 unspecified atom stereocenters. The molecule has 0 amide bonds. The lowest BCUT2D eigenvalue weighted by Gasteiger charge is -2.13. The fraction of sp³-hybridized carbons (Fsp3) is 0.364. The summed E-state index contributed by atoms with van der Waals surface area (Å²) in [7, 11) is -7.20. The van der Waals surface area contributed by atoms with Gasteiger partial charge in [0.05, 0.1) is 17.2 Å². The van der Waals surface area contributed by atoms with E-state index < -0.39 is 31.4 Å². The van der Waals surface area contributed by atoms with Gasteiger partial charge in [-0.15, -0.1) is 0 Å². The van der Waals surface area contributed by atoms with Gasteiger partial charge in [0.15, 0.2) is 0 Å². The predicted octanol–water partition coefficient (Wildman–Crippen LogP) is -0.212. The van der Waals surface area contributed by atoms with Crippen molar-refractivity contribution in [3.63, 3.8) is 0 Å². The van der Waals surface area contributed by atoms with Gasteiger partial charge in [0.25, 0.3) is 0 Å². The summed E-state index contributed by atoms with van der Waals surface area (Å²) < 4.78 is 53.2. The molecule has 4 N–H and O–H groups in total. The number of sulfonamides is 1. The van der Waals surface area contributed by atoms with E-state index in [1.165, 1.54) is 12.1 Å². The van der Waals surface area contributed by atoms with Crippen LogP contribution in [0.5, 0.6) is 5.75 Å². The molecule has 8 nitrogen and oxygen atoms in total. The predicted molar refractivity (Wildman–Crippen MR) is 81.0 cm³/mol. The topological polar surface area (TPSA) is 139 Å². The smallest absolute Gasteiger partial charge is 0.233 e. The van der Waals surface area contributed by atoms with E-state index in [-0.39, 0.29) is 23.9 Å². The molecule has 0 aliphatic carbocycles. The Bertz CT molecular complexity index is 713. The van der Waals surface area contributed by atoms with Crippen LogP contribution in [0.15, 0.2) is 24.3 Å². The maximum absolute atomic E-state index is 11.8.